The minimum Gasteiger partial charge on any atom is -0.496 e. The molecule has 0 saturated heterocycles. The van der Waals surface area contributed by atoms with E-state index in [2.05, 4.69) is 42.5 Å². The van der Waals surface area contributed by atoms with Crippen molar-refractivity contribution < 1.29 is 4.74 Å². The summed E-state index contributed by atoms with van der Waals surface area (Å²) in [4.78, 5) is 4.95. The van der Waals surface area contributed by atoms with Gasteiger partial charge in [0, 0.05) is 17.2 Å². The predicted molar refractivity (Wildman–Crippen MR) is 118 cm³/mol. The molecule has 0 bridgehead atoms. The normalized spacial score (nSPS) is 12.2. The molecule has 0 N–H and O–H groups in total. The number of rotatable bonds is 5. The van der Waals surface area contributed by atoms with Gasteiger partial charge in [-0.3, -0.25) is 0 Å². The highest BCUT2D eigenvalue weighted by molar-refractivity contribution is 6.19. The summed E-state index contributed by atoms with van der Waals surface area (Å²) in [5, 5.41) is 2.35. The van der Waals surface area contributed by atoms with Gasteiger partial charge in [-0.15, -0.1) is 0 Å². The molecule has 0 atom stereocenters. The van der Waals surface area contributed by atoms with Gasteiger partial charge >= 0.3 is 0 Å². The lowest BCUT2D eigenvalue weighted by molar-refractivity contribution is 0.370. The molecule has 2 nitrogen and oxygen atoms in total. The zero-order valence-electron chi connectivity index (χ0n) is 15.7. The first-order chi connectivity index (χ1) is 13.8. The fourth-order valence-electron chi connectivity index (χ4n) is 3.25. The van der Waals surface area contributed by atoms with Crippen LogP contribution in [-0.2, 0) is 4.74 Å². The van der Waals surface area contributed by atoms with Gasteiger partial charge in [-0.05, 0) is 22.9 Å². The van der Waals surface area contributed by atoms with Gasteiger partial charge in [0.25, 0.3) is 0 Å². The van der Waals surface area contributed by atoms with Crippen LogP contribution in [0.3, 0.4) is 0 Å². The first-order valence-corrected chi connectivity index (χ1v) is 9.28. The van der Waals surface area contributed by atoms with Crippen molar-refractivity contribution in [1.82, 2.24) is 0 Å². The van der Waals surface area contributed by atoms with Crippen LogP contribution in [-0.4, -0.2) is 12.8 Å². The summed E-state index contributed by atoms with van der Waals surface area (Å²) in [6, 6.07) is 34.8. The molecular formula is C26H21NO. The van der Waals surface area contributed by atoms with Crippen LogP contribution in [0.4, 0.5) is 5.69 Å². The van der Waals surface area contributed by atoms with E-state index in [0.717, 1.165) is 28.3 Å². The van der Waals surface area contributed by atoms with E-state index < -0.39 is 0 Å². The summed E-state index contributed by atoms with van der Waals surface area (Å²) in [5.41, 5.74) is 3.87. The minimum absolute atomic E-state index is 0.781. The second-order valence-corrected chi connectivity index (χ2v) is 6.44. The Balaban J connectivity index is 1.92. The Morgan fingerprint density at radius 3 is 2.11 bits per heavy atom. The maximum atomic E-state index is 5.72. The molecular weight excluding hydrogens is 342 g/mol. The number of hydrogen-bond donors (Lipinski definition) is 0. The monoisotopic (exact) mass is 363 g/mol. The first kappa shape index (κ1) is 17.7. The van der Waals surface area contributed by atoms with E-state index in [-0.39, 0.29) is 0 Å². The van der Waals surface area contributed by atoms with Crippen molar-refractivity contribution in [2.75, 3.05) is 7.11 Å². The van der Waals surface area contributed by atoms with E-state index in [4.69, 9.17) is 9.73 Å². The fraction of sp³-hybridized carbons (Fsp3) is 0.0385. The minimum atomic E-state index is 0.781. The average Bonchev–Trinajstić information content (AvgIpc) is 2.77. The smallest absolute Gasteiger partial charge is 0.128 e. The maximum absolute atomic E-state index is 5.72. The molecule has 28 heavy (non-hydrogen) atoms. The molecule has 0 aliphatic carbocycles. The summed E-state index contributed by atoms with van der Waals surface area (Å²) in [5.74, 6) is 0.781. The Bertz CT molecular complexity index is 1120. The molecule has 0 amide bonds. The molecule has 136 valence electrons. The van der Waals surface area contributed by atoms with Gasteiger partial charge in [0.15, 0.2) is 0 Å². The lowest BCUT2D eigenvalue weighted by atomic mass is 9.99. The SMILES string of the molecule is CO/C(=C\C(=Nc1ccccc1)c1cccc2ccccc12)c1ccccc1. The van der Waals surface area contributed by atoms with Gasteiger partial charge in [-0.2, -0.15) is 0 Å². The van der Waals surface area contributed by atoms with Gasteiger partial charge in [-0.25, -0.2) is 4.99 Å². The number of aliphatic imine (C=N–C) groups is 1. The Morgan fingerprint density at radius 2 is 1.36 bits per heavy atom. The summed E-state index contributed by atoms with van der Waals surface area (Å²) in [6.07, 6.45) is 2.02. The first-order valence-electron chi connectivity index (χ1n) is 9.28. The highest BCUT2D eigenvalue weighted by atomic mass is 16.5. The zero-order valence-corrected chi connectivity index (χ0v) is 15.7. The molecule has 0 fully saturated rings. The Hall–Kier alpha value is -3.65. The summed E-state index contributed by atoms with van der Waals surface area (Å²) >= 11 is 0. The van der Waals surface area contributed by atoms with Crippen LogP contribution in [0, 0.1) is 0 Å². The molecule has 4 aromatic rings. The number of ether oxygens (including phenoxy) is 1. The van der Waals surface area contributed by atoms with Crippen LogP contribution in [0.15, 0.2) is 114 Å². The molecule has 0 unspecified atom stereocenters. The van der Waals surface area contributed by atoms with E-state index in [9.17, 15) is 0 Å². The quantitative estimate of drug-likeness (QED) is 0.287. The lowest BCUT2D eigenvalue weighted by Crippen LogP contribution is -2.01. The van der Waals surface area contributed by atoms with Gasteiger partial charge in [0.1, 0.15) is 5.76 Å². The second-order valence-electron chi connectivity index (χ2n) is 6.44. The largest absolute Gasteiger partial charge is 0.496 e. The van der Waals surface area contributed by atoms with E-state index in [1.54, 1.807) is 7.11 Å². The third-order valence-corrected chi connectivity index (χ3v) is 4.62. The van der Waals surface area contributed by atoms with Crippen molar-refractivity contribution in [3.8, 4) is 0 Å². The van der Waals surface area contributed by atoms with E-state index in [1.807, 2.05) is 66.7 Å². The van der Waals surface area contributed by atoms with E-state index >= 15 is 0 Å². The van der Waals surface area contributed by atoms with E-state index in [0.29, 0.717) is 0 Å². The van der Waals surface area contributed by atoms with Crippen molar-refractivity contribution in [3.05, 3.63) is 120 Å². The molecule has 0 aliphatic heterocycles. The molecule has 0 spiro atoms. The zero-order chi connectivity index (χ0) is 19.2. The Kier molecular flexibility index (Phi) is 5.30. The highest BCUT2D eigenvalue weighted by Crippen LogP contribution is 2.24. The number of para-hydroxylation sites is 1. The number of fused-ring (bicyclic) bond motifs is 1. The molecule has 2 heteroatoms. The molecule has 4 rings (SSSR count). The van der Waals surface area contributed by atoms with Crippen molar-refractivity contribution >= 4 is 27.9 Å². The second kappa shape index (κ2) is 8.36. The summed E-state index contributed by atoms with van der Waals surface area (Å²) in [7, 11) is 1.70. The molecule has 0 radical (unpaired) electrons. The standard InChI is InChI=1S/C26H21NO/c1-28-26(21-12-4-2-5-13-21)19-25(27-22-15-6-3-7-16-22)24-18-10-14-20-11-8-9-17-23(20)24/h2-19H,1H3/b26-19-,27-25?. The van der Waals surface area contributed by atoms with Crippen LogP contribution >= 0.6 is 0 Å². The highest BCUT2D eigenvalue weighted by Gasteiger charge is 2.10. The topological polar surface area (TPSA) is 21.6 Å². The average molecular weight is 363 g/mol. The number of benzene rings is 4. The summed E-state index contributed by atoms with van der Waals surface area (Å²) < 4.78 is 5.72. The van der Waals surface area contributed by atoms with Crippen LogP contribution in [0.1, 0.15) is 11.1 Å². The van der Waals surface area contributed by atoms with Gasteiger partial charge in [-0.1, -0.05) is 91.0 Å². The third kappa shape index (κ3) is 3.86. The number of hydrogen-bond acceptors (Lipinski definition) is 2. The molecule has 4 aromatic carbocycles. The predicted octanol–water partition coefficient (Wildman–Crippen LogP) is 6.65. The summed E-state index contributed by atoms with van der Waals surface area (Å²) in [6.45, 7) is 0. The van der Waals surface area contributed by atoms with Crippen molar-refractivity contribution in [2.45, 2.75) is 0 Å². The molecule has 0 aromatic heterocycles. The molecule has 0 heterocycles. The van der Waals surface area contributed by atoms with E-state index in [1.165, 1.54) is 10.8 Å². The van der Waals surface area contributed by atoms with Gasteiger partial charge in [0.2, 0.25) is 0 Å². The van der Waals surface area contributed by atoms with Gasteiger partial charge in [0.05, 0.1) is 18.5 Å². The number of methoxy groups -OCH3 is 1. The van der Waals surface area contributed by atoms with Crippen LogP contribution in [0.5, 0.6) is 0 Å². The maximum Gasteiger partial charge on any atom is 0.128 e. The lowest BCUT2D eigenvalue weighted by Gasteiger charge is -2.11. The molecule has 0 aliphatic rings. The van der Waals surface area contributed by atoms with Crippen LogP contribution < -0.4 is 0 Å². The number of nitrogens with zero attached hydrogens (tertiary/aromatic N) is 1. The molecule has 0 saturated carbocycles. The Morgan fingerprint density at radius 1 is 0.714 bits per heavy atom. The van der Waals surface area contributed by atoms with Gasteiger partial charge < -0.3 is 4.74 Å². The third-order valence-electron chi connectivity index (χ3n) is 4.62. The Labute approximate surface area is 165 Å². The van der Waals surface area contributed by atoms with Crippen molar-refractivity contribution in [2.24, 2.45) is 4.99 Å². The van der Waals surface area contributed by atoms with Crippen LogP contribution in [0.2, 0.25) is 0 Å². The van der Waals surface area contributed by atoms with Crippen molar-refractivity contribution in [3.63, 3.8) is 0 Å². The number of allylic oxidation sites excluding steroid dienone is 1. The van der Waals surface area contributed by atoms with Crippen molar-refractivity contribution in [1.29, 1.82) is 0 Å². The van der Waals surface area contributed by atoms with Crippen LogP contribution in [0.25, 0.3) is 16.5 Å². The fourth-order valence-corrected chi connectivity index (χ4v) is 3.25.